The average Bonchev–Trinajstić information content (AvgIpc) is 2.97. The molecule has 0 amide bonds. The van der Waals surface area contributed by atoms with Crippen LogP contribution in [0, 0.1) is 0 Å². The standard InChI is InChI=1S/C20H27N3O2S/c21-19(17-11-5-3-6-12-17)20(18-13-7-4-8-14-18)22-26(24,25)23-15-9-1-2-10-16-23/h3-8,11-14,19-20,22H,1-2,9-10,15-16,21H2/t19-,20-/m0/s1. The van der Waals surface area contributed by atoms with Crippen LogP contribution in [-0.2, 0) is 10.2 Å². The predicted octanol–water partition coefficient (Wildman–Crippen LogP) is 3.14. The molecule has 5 nitrogen and oxygen atoms in total. The van der Waals surface area contributed by atoms with E-state index >= 15 is 0 Å². The molecule has 0 bridgehead atoms. The first-order valence-electron chi connectivity index (χ1n) is 9.21. The van der Waals surface area contributed by atoms with Crippen molar-refractivity contribution in [3.63, 3.8) is 0 Å². The van der Waals surface area contributed by atoms with E-state index in [1.165, 1.54) is 0 Å². The van der Waals surface area contributed by atoms with Gasteiger partial charge in [-0.1, -0.05) is 73.5 Å². The molecule has 1 heterocycles. The number of benzene rings is 2. The molecular weight excluding hydrogens is 346 g/mol. The van der Waals surface area contributed by atoms with E-state index in [-0.39, 0.29) is 0 Å². The van der Waals surface area contributed by atoms with E-state index in [2.05, 4.69) is 4.72 Å². The van der Waals surface area contributed by atoms with Crippen LogP contribution in [0.4, 0.5) is 0 Å². The molecule has 0 saturated carbocycles. The van der Waals surface area contributed by atoms with Gasteiger partial charge in [0.15, 0.2) is 0 Å². The molecule has 0 radical (unpaired) electrons. The summed E-state index contributed by atoms with van der Waals surface area (Å²) >= 11 is 0. The predicted molar refractivity (Wildman–Crippen MR) is 105 cm³/mol. The van der Waals surface area contributed by atoms with Gasteiger partial charge in [0.2, 0.25) is 0 Å². The summed E-state index contributed by atoms with van der Waals surface area (Å²) in [5.41, 5.74) is 8.26. The monoisotopic (exact) mass is 373 g/mol. The van der Waals surface area contributed by atoms with Crippen LogP contribution in [-0.4, -0.2) is 25.8 Å². The highest BCUT2D eigenvalue weighted by Crippen LogP contribution is 2.28. The Kier molecular flexibility index (Phi) is 6.43. The second-order valence-corrected chi connectivity index (χ2v) is 8.46. The highest BCUT2D eigenvalue weighted by atomic mass is 32.2. The molecule has 2 atom stereocenters. The van der Waals surface area contributed by atoms with Gasteiger partial charge in [0.1, 0.15) is 0 Å². The molecule has 26 heavy (non-hydrogen) atoms. The van der Waals surface area contributed by atoms with Crippen LogP contribution in [0.15, 0.2) is 60.7 Å². The fraction of sp³-hybridized carbons (Fsp3) is 0.400. The molecule has 1 saturated heterocycles. The van der Waals surface area contributed by atoms with E-state index in [4.69, 9.17) is 5.73 Å². The fourth-order valence-electron chi connectivity index (χ4n) is 3.39. The normalized spacial score (nSPS) is 18.8. The zero-order valence-corrected chi connectivity index (χ0v) is 15.7. The van der Waals surface area contributed by atoms with E-state index in [0.717, 1.165) is 36.8 Å². The number of nitrogens with zero attached hydrogens (tertiary/aromatic N) is 1. The Bertz CT molecular complexity index is 773. The molecule has 140 valence electrons. The van der Waals surface area contributed by atoms with Crippen LogP contribution in [0.3, 0.4) is 0 Å². The Hall–Kier alpha value is -1.73. The number of nitrogens with one attached hydrogen (secondary N) is 1. The summed E-state index contributed by atoms with van der Waals surface area (Å²) in [6, 6.07) is 18.2. The molecule has 2 aromatic carbocycles. The Morgan fingerprint density at radius 1 is 0.808 bits per heavy atom. The quantitative estimate of drug-likeness (QED) is 0.817. The lowest BCUT2D eigenvalue weighted by atomic mass is 9.95. The second-order valence-electron chi connectivity index (χ2n) is 6.76. The van der Waals surface area contributed by atoms with E-state index in [1.807, 2.05) is 60.7 Å². The summed E-state index contributed by atoms with van der Waals surface area (Å²) in [6.07, 6.45) is 3.97. The Balaban J connectivity index is 1.88. The first kappa shape index (κ1) is 19.0. The zero-order valence-electron chi connectivity index (χ0n) is 14.9. The Morgan fingerprint density at radius 3 is 1.85 bits per heavy atom. The zero-order chi connectivity index (χ0) is 18.4. The third-order valence-corrected chi connectivity index (χ3v) is 6.48. The molecular formula is C20H27N3O2S. The molecule has 3 rings (SSSR count). The summed E-state index contributed by atoms with van der Waals surface area (Å²) in [5, 5.41) is 0. The maximum atomic E-state index is 13.0. The first-order chi connectivity index (χ1) is 12.6. The highest BCUT2D eigenvalue weighted by molar-refractivity contribution is 7.87. The van der Waals surface area contributed by atoms with Crippen molar-refractivity contribution in [2.75, 3.05) is 13.1 Å². The fourth-order valence-corrected chi connectivity index (χ4v) is 4.89. The van der Waals surface area contributed by atoms with E-state index < -0.39 is 22.3 Å². The van der Waals surface area contributed by atoms with Gasteiger partial charge in [-0.3, -0.25) is 0 Å². The van der Waals surface area contributed by atoms with Crippen molar-refractivity contribution >= 4 is 10.2 Å². The summed E-state index contributed by atoms with van der Waals surface area (Å²) < 4.78 is 30.5. The minimum atomic E-state index is -3.60. The molecule has 3 N–H and O–H groups in total. The largest absolute Gasteiger partial charge is 0.322 e. The van der Waals surface area contributed by atoms with Crippen molar-refractivity contribution in [3.05, 3.63) is 71.8 Å². The molecule has 0 aromatic heterocycles. The summed E-state index contributed by atoms with van der Waals surface area (Å²) in [6.45, 7) is 1.13. The van der Waals surface area contributed by atoms with Gasteiger partial charge < -0.3 is 5.73 Å². The molecule has 6 heteroatoms. The topological polar surface area (TPSA) is 75.4 Å². The van der Waals surface area contributed by atoms with Crippen LogP contribution in [0.25, 0.3) is 0 Å². The lowest BCUT2D eigenvalue weighted by molar-refractivity contribution is 0.399. The maximum Gasteiger partial charge on any atom is 0.280 e. The van der Waals surface area contributed by atoms with Gasteiger partial charge in [0.25, 0.3) is 10.2 Å². The van der Waals surface area contributed by atoms with Crippen LogP contribution in [0.1, 0.15) is 48.9 Å². The second kappa shape index (κ2) is 8.77. The summed E-state index contributed by atoms with van der Waals surface area (Å²) in [5.74, 6) is 0. The number of hydrogen-bond acceptors (Lipinski definition) is 3. The smallest absolute Gasteiger partial charge is 0.280 e. The lowest BCUT2D eigenvalue weighted by Gasteiger charge is -2.29. The van der Waals surface area contributed by atoms with Crippen LogP contribution >= 0.6 is 0 Å². The van der Waals surface area contributed by atoms with Gasteiger partial charge in [-0.15, -0.1) is 0 Å². The molecule has 1 fully saturated rings. The van der Waals surface area contributed by atoms with Gasteiger partial charge in [-0.2, -0.15) is 17.4 Å². The molecule has 2 aromatic rings. The number of nitrogens with two attached hydrogens (primary N) is 1. The third-order valence-electron chi connectivity index (χ3n) is 4.88. The molecule has 1 aliphatic heterocycles. The van der Waals surface area contributed by atoms with Crippen molar-refractivity contribution in [1.82, 2.24) is 9.03 Å². The highest BCUT2D eigenvalue weighted by Gasteiger charge is 2.30. The Morgan fingerprint density at radius 2 is 1.31 bits per heavy atom. The molecule has 1 aliphatic rings. The van der Waals surface area contributed by atoms with E-state index in [0.29, 0.717) is 13.1 Å². The molecule has 0 spiro atoms. The summed E-state index contributed by atoms with van der Waals surface area (Å²) in [4.78, 5) is 0. The maximum absolute atomic E-state index is 13.0. The van der Waals surface area contributed by atoms with Crippen LogP contribution in [0.5, 0.6) is 0 Å². The van der Waals surface area contributed by atoms with Gasteiger partial charge in [-0.05, 0) is 24.0 Å². The van der Waals surface area contributed by atoms with Gasteiger partial charge >= 0.3 is 0 Å². The average molecular weight is 374 g/mol. The molecule has 0 unspecified atom stereocenters. The first-order valence-corrected chi connectivity index (χ1v) is 10.6. The SMILES string of the molecule is N[C@@H](c1ccccc1)[C@@H](NS(=O)(=O)N1CCCCCC1)c1ccccc1. The van der Waals surface area contributed by atoms with Crippen LogP contribution < -0.4 is 10.5 Å². The minimum Gasteiger partial charge on any atom is -0.322 e. The van der Waals surface area contributed by atoms with Crippen molar-refractivity contribution in [2.45, 2.75) is 37.8 Å². The number of rotatable bonds is 6. The Labute approximate surface area is 156 Å². The third kappa shape index (κ3) is 4.71. The van der Waals surface area contributed by atoms with E-state index in [1.54, 1.807) is 4.31 Å². The van der Waals surface area contributed by atoms with Crippen LogP contribution in [0.2, 0.25) is 0 Å². The number of hydrogen-bond donors (Lipinski definition) is 2. The lowest BCUT2D eigenvalue weighted by Crippen LogP contribution is -2.45. The van der Waals surface area contributed by atoms with E-state index in [9.17, 15) is 8.42 Å². The van der Waals surface area contributed by atoms with Gasteiger partial charge in [0.05, 0.1) is 12.1 Å². The van der Waals surface area contributed by atoms with Crippen molar-refractivity contribution in [2.24, 2.45) is 5.73 Å². The minimum absolute atomic E-state index is 0.472. The van der Waals surface area contributed by atoms with Crippen molar-refractivity contribution in [1.29, 1.82) is 0 Å². The summed E-state index contributed by atoms with van der Waals surface area (Å²) in [7, 11) is -3.60. The van der Waals surface area contributed by atoms with Crippen molar-refractivity contribution < 1.29 is 8.42 Å². The van der Waals surface area contributed by atoms with Gasteiger partial charge in [-0.25, -0.2) is 0 Å². The molecule has 0 aliphatic carbocycles. The van der Waals surface area contributed by atoms with Gasteiger partial charge in [0, 0.05) is 13.1 Å². The van der Waals surface area contributed by atoms with Crippen molar-refractivity contribution in [3.8, 4) is 0 Å².